The Hall–Kier alpha value is -1.39. The second kappa shape index (κ2) is 7.02. The summed E-state index contributed by atoms with van der Waals surface area (Å²) in [6, 6.07) is 10.5. The zero-order valence-electron chi connectivity index (χ0n) is 14.0. The lowest BCUT2D eigenvalue weighted by Crippen LogP contribution is -2.51. The quantitative estimate of drug-likeness (QED) is 0.896. The van der Waals surface area contributed by atoms with Crippen LogP contribution in [0.4, 0.5) is 0 Å². The summed E-state index contributed by atoms with van der Waals surface area (Å²) in [6.07, 6.45) is 4.13. The summed E-state index contributed by atoms with van der Waals surface area (Å²) in [7, 11) is 0. The summed E-state index contributed by atoms with van der Waals surface area (Å²) >= 11 is 0. The fourth-order valence-corrected chi connectivity index (χ4v) is 3.72. The van der Waals surface area contributed by atoms with Crippen LogP contribution in [0.25, 0.3) is 0 Å². The van der Waals surface area contributed by atoms with Crippen LogP contribution < -0.4 is 5.32 Å². The minimum atomic E-state index is -0.360. The molecule has 1 aromatic carbocycles. The van der Waals surface area contributed by atoms with Crippen molar-refractivity contribution in [1.82, 2.24) is 10.2 Å². The number of nitrogens with zero attached hydrogens (tertiary/aromatic N) is 1. The van der Waals surface area contributed by atoms with Gasteiger partial charge in [0.05, 0.1) is 12.1 Å². The van der Waals surface area contributed by atoms with Crippen LogP contribution in [0, 0.1) is 5.41 Å². The molecule has 126 valence electrons. The summed E-state index contributed by atoms with van der Waals surface area (Å²) in [4.78, 5) is 15.1. The number of likely N-dealkylation sites (tertiary alicyclic amines) is 1. The summed E-state index contributed by atoms with van der Waals surface area (Å²) in [6.45, 7) is 4.93. The number of aliphatic hydroxyl groups excluding tert-OH is 1. The zero-order chi connectivity index (χ0) is 16.3. The molecule has 1 heterocycles. The van der Waals surface area contributed by atoms with E-state index in [-0.39, 0.29) is 23.5 Å². The first-order chi connectivity index (χ1) is 11.1. The van der Waals surface area contributed by atoms with Gasteiger partial charge in [0.15, 0.2) is 0 Å². The average molecular weight is 316 g/mol. The van der Waals surface area contributed by atoms with Gasteiger partial charge < -0.3 is 10.4 Å². The van der Waals surface area contributed by atoms with Gasteiger partial charge in [-0.2, -0.15) is 0 Å². The maximum Gasteiger partial charge on any atom is 0.226 e. The number of benzene rings is 1. The number of hydrogen-bond acceptors (Lipinski definition) is 3. The number of aliphatic hydroxyl groups is 1. The van der Waals surface area contributed by atoms with Gasteiger partial charge >= 0.3 is 0 Å². The van der Waals surface area contributed by atoms with Crippen molar-refractivity contribution in [2.24, 2.45) is 5.41 Å². The normalized spacial score (nSPS) is 27.7. The first kappa shape index (κ1) is 16.5. The summed E-state index contributed by atoms with van der Waals surface area (Å²) in [5.74, 6) is 0.128. The Balaban J connectivity index is 1.51. The fraction of sp³-hybridized carbons (Fsp3) is 0.632. The van der Waals surface area contributed by atoms with Crippen molar-refractivity contribution in [2.45, 2.75) is 57.7 Å². The smallest absolute Gasteiger partial charge is 0.226 e. The zero-order valence-corrected chi connectivity index (χ0v) is 14.0. The topological polar surface area (TPSA) is 52.6 Å². The summed E-state index contributed by atoms with van der Waals surface area (Å²) < 4.78 is 0. The summed E-state index contributed by atoms with van der Waals surface area (Å²) in [5.41, 5.74) is 1.03. The van der Waals surface area contributed by atoms with Crippen LogP contribution in [0.5, 0.6) is 0 Å². The van der Waals surface area contributed by atoms with Crippen LogP contribution in [-0.2, 0) is 11.3 Å². The van der Waals surface area contributed by atoms with Crippen LogP contribution in [0.1, 0.15) is 44.6 Å². The number of carbonyl (C=O) groups is 1. The number of amides is 1. The maximum absolute atomic E-state index is 12.6. The molecule has 1 aromatic rings. The van der Waals surface area contributed by atoms with Crippen molar-refractivity contribution < 1.29 is 9.90 Å². The van der Waals surface area contributed by atoms with Crippen molar-refractivity contribution >= 4 is 5.91 Å². The lowest BCUT2D eigenvalue weighted by molar-refractivity contribution is -0.134. The minimum Gasteiger partial charge on any atom is -0.391 e. The lowest BCUT2D eigenvalue weighted by atomic mass is 9.79. The molecule has 1 aliphatic carbocycles. The molecule has 0 unspecified atom stereocenters. The standard InChI is InChI=1S/C19H28N2O2/c1-19(18(23)20-16-8-5-9-17(16)22)10-12-21(13-11-19)14-15-6-3-2-4-7-15/h2-4,6-7,16-17,22H,5,8-14H2,1H3,(H,20,23)/t16-,17-/m0/s1. The third-order valence-corrected chi connectivity index (χ3v) is 5.55. The Kier molecular flexibility index (Phi) is 5.02. The number of hydrogen-bond donors (Lipinski definition) is 2. The van der Waals surface area contributed by atoms with E-state index in [2.05, 4.69) is 41.4 Å². The molecule has 3 rings (SSSR count). The van der Waals surface area contributed by atoms with Gasteiger partial charge in [-0.1, -0.05) is 37.3 Å². The Morgan fingerprint density at radius 3 is 2.57 bits per heavy atom. The molecule has 0 bridgehead atoms. The second-order valence-electron chi connectivity index (χ2n) is 7.40. The van der Waals surface area contributed by atoms with Crippen molar-refractivity contribution in [3.63, 3.8) is 0 Å². The molecule has 1 saturated heterocycles. The van der Waals surface area contributed by atoms with E-state index in [0.717, 1.165) is 51.7 Å². The fourth-order valence-electron chi connectivity index (χ4n) is 3.72. The van der Waals surface area contributed by atoms with Crippen molar-refractivity contribution in [3.05, 3.63) is 35.9 Å². The molecule has 2 fully saturated rings. The van der Waals surface area contributed by atoms with E-state index in [9.17, 15) is 9.90 Å². The van der Waals surface area contributed by atoms with Crippen molar-refractivity contribution in [3.8, 4) is 0 Å². The van der Waals surface area contributed by atoms with Gasteiger partial charge in [0.2, 0.25) is 5.91 Å². The number of nitrogens with one attached hydrogen (secondary N) is 1. The van der Waals surface area contributed by atoms with E-state index in [1.807, 2.05) is 6.07 Å². The Labute approximate surface area is 138 Å². The molecule has 2 aliphatic rings. The number of carbonyl (C=O) groups excluding carboxylic acids is 1. The Morgan fingerprint density at radius 1 is 1.26 bits per heavy atom. The van der Waals surface area contributed by atoms with E-state index in [4.69, 9.17) is 0 Å². The molecule has 0 spiro atoms. The van der Waals surface area contributed by atoms with Gasteiger partial charge in [0.1, 0.15) is 0 Å². The van der Waals surface area contributed by atoms with Gasteiger partial charge in [-0.15, -0.1) is 0 Å². The van der Waals surface area contributed by atoms with Crippen LogP contribution >= 0.6 is 0 Å². The highest BCUT2D eigenvalue weighted by molar-refractivity contribution is 5.82. The minimum absolute atomic E-state index is 0.0401. The molecule has 0 radical (unpaired) electrons. The monoisotopic (exact) mass is 316 g/mol. The molecule has 0 aromatic heterocycles. The molecule has 1 aliphatic heterocycles. The number of rotatable bonds is 4. The molecular weight excluding hydrogens is 288 g/mol. The Bertz CT molecular complexity index is 523. The molecule has 23 heavy (non-hydrogen) atoms. The van der Waals surface area contributed by atoms with Gasteiger partial charge in [0, 0.05) is 12.0 Å². The molecule has 1 saturated carbocycles. The summed E-state index contributed by atoms with van der Waals surface area (Å²) in [5, 5.41) is 13.0. The maximum atomic E-state index is 12.6. The van der Waals surface area contributed by atoms with Crippen LogP contribution in [-0.4, -0.2) is 41.1 Å². The molecule has 4 heteroatoms. The number of piperidine rings is 1. The van der Waals surface area contributed by atoms with E-state index < -0.39 is 0 Å². The SMILES string of the molecule is CC1(C(=O)N[C@H]2CCC[C@@H]2O)CCN(Cc2ccccc2)CC1. The van der Waals surface area contributed by atoms with Crippen LogP contribution in [0.3, 0.4) is 0 Å². The van der Waals surface area contributed by atoms with Crippen LogP contribution in [0.15, 0.2) is 30.3 Å². The first-order valence-electron chi connectivity index (χ1n) is 8.82. The third-order valence-electron chi connectivity index (χ3n) is 5.55. The van der Waals surface area contributed by atoms with Gasteiger partial charge in [-0.25, -0.2) is 0 Å². The molecular formula is C19H28N2O2. The Morgan fingerprint density at radius 2 is 1.96 bits per heavy atom. The highest BCUT2D eigenvalue weighted by Crippen LogP contribution is 2.32. The van der Waals surface area contributed by atoms with Crippen molar-refractivity contribution in [1.29, 1.82) is 0 Å². The predicted molar refractivity (Wildman–Crippen MR) is 90.8 cm³/mol. The molecule has 2 atom stereocenters. The lowest BCUT2D eigenvalue weighted by Gasteiger charge is -2.39. The second-order valence-corrected chi connectivity index (χ2v) is 7.40. The molecule has 1 amide bonds. The highest BCUT2D eigenvalue weighted by atomic mass is 16.3. The van der Waals surface area contributed by atoms with E-state index in [1.165, 1.54) is 5.56 Å². The first-order valence-corrected chi connectivity index (χ1v) is 8.82. The largest absolute Gasteiger partial charge is 0.391 e. The molecule has 2 N–H and O–H groups in total. The van der Waals surface area contributed by atoms with Crippen molar-refractivity contribution in [2.75, 3.05) is 13.1 Å². The highest BCUT2D eigenvalue weighted by Gasteiger charge is 2.39. The van der Waals surface area contributed by atoms with E-state index in [0.29, 0.717) is 0 Å². The third kappa shape index (κ3) is 3.93. The molecule has 4 nitrogen and oxygen atoms in total. The average Bonchev–Trinajstić information content (AvgIpc) is 2.96. The van der Waals surface area contributed by atoms with Gasteiger partial charge in [0.25, 0.3) is 0 Å². The van der Waals surface area contributed by atoms with Crippen LogP contribution in [0.2, 0.25) is 0 Å². The van der Waals surface area contributed by atoms with Gasteiger partial charge in [-0.3, -0.25) is 9.69 Å². The predicted octanol–water partition coefficient (Wildman–Crippen LogP) is 2.32. The van der Waals surface area contributed by atoms with E-state index >= 15 is 0 Å². The van der Waals surface area contributed by atoms with E-state index in [1.54, 1.807) is 0 Å². The van der Waals surface area contributed by atoms with Gasteiger partial charge in [-0.05, 0) is 50.8 Å².